The van der Waals surface area contributed by atoms with Crippen molar-refractivity contribution in [2.45, 2.75) is 6.92 Å². The number of carbonyl (C=O) groups excluding carboxylic acids is 1. The molecule has 0 aliphatic heterocycles. The number of H-pyrrole nitrogens is 1. The number of rotatable bonds is 3. The number of hydrogen-bond donors (Lipinski definition) is 3. The van der Waals surface area contributed by atoms with Gasteiger partial charge in [0.15, 0.2) is 11.5 Å². The summed E-state index contributed by atoms with van der Waals surface area (Å²) in [5.41, 5.74) is 2.14. The molecule has 2 aromatic carbocycles. The molecular weight excluding hydrogens is 340 g/mol. The van der Waals surface area contributed by atoms with Crippen LogP contribution in [0.3, 0.4) is 0 Å². The number of phenolic OH excluding ortho intramolecular Hbond substituents is 2. The summed E-state index contributed by atoms with van der Waals surface area (Å²) in [5, 5.41) is 29.2. The highest BCUT2D eigenvalue weighted by atomic mass is 35.5. The number of benzene rings is 2. The number of aromatic hydroxyl groups is 2. The first-order chi connectivity index (χ1) is 11.9. The standard InChI is InChI=1S/C19H13ClN2O3/c1-10-17(13-4-2-3-5-15(13)22-10)18(24)12(9-21)6-11-7-14(20)19(25)16(23)8-11/h2-8,22-23,25H,1H3/b12-6+. The molecule has 3 rings (SSSR count). The summed E-state index contributed by atoms with van der Waals surface area (Å²) in [7, 11) is 0. The Labute approximate surface area is 148 Å². The van der Waals surface area contributed by atoms with Crippen LogP contribution in [0.5, 0.6) is 11.5 Å². The van der Waals surface area contributed by atoms with E-state index >= 15 is 0 Å². The van der Waals surface area contributed by atoms with Crippen molar-refractivity contribution in [1.82, 2.24) is 4.98 Å². The number of nitriles is 1. The van der Waals surface area contributed by atoms with E-state index in [1.807, 2.05) is 30.3 Å². The summed E-state index contributed by atoms with van der Waals surface area (Å²) in [6.45, 7) is 1.77. The van der Waals surface area contributed by atoms with Crippen LogP contribution >= 0.6 is 11.6 Å². The number of aromatic nitrogens is 1. The number of aromatic amines is 1. The summed E-state index contributed by atoms with van der Waals surface area (Å²) in [6.07, 6.45) is 1.33. The van der Waals surface area contributed by atoms with Crippen molar-refractivity contribution in [2.24, 2.45) is 0 Å². The normalized spacial score (nSPS) is 11.5. The zero-order valence-corrected chi connectivity index (χ0v) is 13.9. The molecule has 25 heavy (non-hydrogen) atoms. The van der Waals surface area contributed by atoms with Gasteiger partial charge in [0.25, 0.3) is 0 Å². The molecule has 0 saturated heterocycles. The van der Waals surface area contributed by atoms with E-state index in [0.29, 0.717) is 16.8 Å². The molecule has 0 bridgehead atoms. The van der Waals surface area contributed by atoms with E-state index in [4.69, 9.17) is 11.6 Å². The molecule has 5 nitrogen and oxygen atoms in total. The highest BCUT2D eigenvalue weighted by molar-refractivity contribution is 6.32. The van der Waals surface area contributed by atoms with Gasteiger partial charge in [-0.3, -0.25) is 4.79 Å². The fourth-order valence-corrected chi connectivity index (χ4v) is 2.93. The lowest BCUT2D eigenvalue weighted by atomic mass is 9.99. The molecule has 3 N–H and O–H groups in total. The molecule has 1 aromatic heterocycles. The summed E-state index contributed by atoms with van der Waals surface area (Å²) in [5.74, 6) is -1.30. The molecule has 0 atom stereocenters. The zero-order valence-electron chi connectivity index (χ0n) is 13.2. The number of nitrogens with one attached hydrogen (secondary N) is 1. The van der Waals surface area contributed by atoms with Gasteiger partial charge in [-0.05, 0) is 36.8 Å². The van der Waals surface area contributed by atoms with Crippen molar-refractivity contribution in [2.75, 3.05) is 0 Å². The van der Waals surface area contributed by atoms with Crippen molar-refractivity contribution in [1.29, 1.82) is 5.26 Å². The van der Waals surface area contributed by atoms with Crippen LogP contribution in [-0.4, -0.2) is 21.0 Å². The van der Waals surface area contributed by atoms with Crippen LogP contribution in [0.4, 0.5) is 0 Å². The molecule has 0 amide bonds. The van der Waals surface area contributed by atoms with E-state index in [-0.39, 0.29) is 10.6 Å². The lowest BCUT2D eigenvalue weighted by Gasteiger charge is -2.04. The highest BCUT2D eigenvalue weighted by Crippen LogP contribution is 2.35. The number of hydrogen-bond acceptors (Lipinski definition) is 4. The fourth-order valence-electron chi connectivity index (χ4n) is 2.71. The van der Waals surface area contributed by atoms with Gasteiger partial charge in [-0.1, -0.05) is 29.8 Å². The van der Waals surface area contributed by atoms with Crippen molar-refractivity contribution >= 4 is 34.4 Å². The van der Waals surface area contributed by atoms with E-state index in [1.165, 1.54) is 18.2 Å². The summed E-state index contributed by atoms with van der Waals surface area (Å²) in [4.78, 5) is 16.0. The molecule has 124 valence electrons. The van der Waals surface area contributed by atoms with Crippen LogP contribution in [0.15, 0.2) is 42.0 Å². The number of ketones is 1. The number of phenols is 2. The molecule has 0 aliphatic carbocycles. The number of nitrogens with zero attached hydrogens (tertiary/aromatic N) is 1. The number of aryl methyl sites for hydroxylation is 1. The van der Waals surface area contributed by atoms with Gasteiger partial charge >= 0.3 is 0 Å². The second kappa shape index (κ2) is 6.34. The third kappa shape index (κ3) is 2.95. The van der Waals surface area contributed by atoms with Crippen LogP contribution in [-0.2, 0) is 0 Å². The van der Waals surface area contributed by atoms with Gasteiger partial charge in [0.1, 0.15) is 11.6 Å². The average molecular weight is 353 g/mol. The molecule has 0 fully saturated rings. The van der Waals surface area contributed by atoms with E-state index < -0.39 is 17.3 Å². The van der Waals surface area contributed by atoms with Gasteiger partial charge < -0.3 is 15.2 Å². The second-order valence-electron chi connectivity index (χ2n) is 5.54. The Morgan fingerprint density at radius 1 is 1.28 bits per heavy atom. The van der Waals surface area contributed by atoms with Gasteiger partial charge in [0, 0.05) is 16.6 Å². The largest absolute Gasteiger partial charge is 0.504 e. The van der Waals surface area contributed by atoms with Gasteiger partial charge in [-0.2, -0.15) is 5.26 Å². The number of allylic oxidation sites excluding steroid dienone is 1. The van der Waals surface area contributed by atoms with Crippen molar-refractivity contribution in [3.63, 3.8) is 0 Å². The topological polar surface area (TPSA) is 97.1 Å². The minimum Gasteiger partial charge on any atom is -0.504 e. The lowest BCUT2D eigenvalue weighted by molar-refractivity contribution is 0.104. The van der Waals surface area contributed by atoms with Gasteiger partial charge in [0.05, 0.1) is 10.6 Å². The number of fused-ring (bicyclic) bond motifs is 1. The fraction of sp³-hybridized carbons (Fsp3) is 0.0526. The minimum absolute atomic E-state index is 0.0701. The number of halogens is 1. The first-order valence-corrected chi connectivity index (χ1v) is 7.75. The number of carbonyl (C=O) groups is 1. The van der Waals surface area contributed by atoms with E-state index in [0.717, 1.165) is 10.9 Å². The van der Waals surface area contributed by atoms with Gasteiger partial charge in [-0.25, -0.2) is 0 Å². The summed E-state index contributed by atoms with van der Waals surface area (Å²) >= 11 is 5.82. The number of Topliss-reactive ketones (excluding diaryl/α,β-unsaturated/α-hetero) is 1. The molecule has 0 radical (unpaired) electrons. The molecule has 0 unspecified atom stereocenters. The molecule has 6 heteroatoms. The van der Waals surface area contributed by atoms with Crippen LogP contribution in [0.1, 0.15) is 21.6 Å². The Morgan fingerprint density at radius 2 is 2.00 bits per heavy atom. The van der Waals surface area contributed by atoms with Crippen molar-refractivity contribution in [3.8, 4) is 17.6 Å². The quantitative estimate of drug-likeness (QED) is 0.283. The maximum absolute atomic E-state index is 12.9. The monoisotopic (exact) mass is 352 g/mol. The molecular formula is C19H13ClN2O3. The number of para-hydroxylation sites is 1. The third-order valence-corrected chi connectivity index (χ3v) is 4.15. The Balaban J connectivity index is 2.11. The SMILES string of the molecule is Cc1[nH]c2ccccc2c1C(=O)/C(C#N)=C/c1cc(O)c(O)c(Cl)c1. The van der Waals surface area contributed by atoms with E-state index in [9.17, 15) is 20.3 Å². The van der Waals surface area contributed by atoms with Crippen LogP contribution in [0.25, 0.3) is 17.0 Å². The van der Waals surface area contributed by atoms with E-state index in [1.54, 1.807) is 6.92 Å². The summed E-state index contributed by atoms with van der Waals surface area (Å²) in [6, 6.07) is 11.8. The van der Waals surface area contributed by atoms with Crippen LogP contribution < -0.4 is 0 Å². The van der Waals surface area contributed by atoms with E-state index in [2.05, 4.69) is 4.98 Å². The Hall–Kier alpha value is -3.23. The lowest BCUT2D eigenvalue weighted by Crippen LogP contribution is -2.03. The minimum atomic E-state index is -0.448. The molecule has 0 saturated carbocycles. The molecule has 0 spiro atoms. The van der Waals surface area contributed by atoms with Crippen LogP contribution in [0, 0.1) is 18.3 Å². The maximum atomic E-state index is 12.9. The predicted octanol–water partition coefficient (Wildman–Crippen LogP) is 4.33. The predicted molar refractivity (Wildman–Crippen MR) is 95.7 cm³/mol. The first-order valence-electron chi connectivity index (χ1n) is 7.37. The Morgan fingerprint density at radius 3 is 2.68 bits per heavy atom. The summed E-state index contributed by atoms with van der Waals surface area (Å²) < 4.78 is 0. The molecule has 0 aliphatic rings. The van der Waals surface area contributed by atoms with Crippen molar-refractivity contribution < 1.29 is 15.0 Å². The maximum Gasteiger partial charge on any atom is 0.205 e. The Kier molecular flexibility index (Phi) is 4.22. The highest BCUT2D eigenvalue weighted by Gasteiger charge is 2.20. The molecule has 3 aromatic rings. The van der Waals surface area contributed by atoms with Crippen molar-refractivity contribution in [3.05, 3.63) is 63.8 Å². The Bertz CT molecular complexity index is 1050. The van der Waals surface area contributed by atoms with Gasteiger partial charge in [0.2, 0.25) is 5.78 Å². The first kappa shape index (κ1) is 16.6. The second-order valence-corrected chi connectivity index (χ2v) is 5.95. The smallest absolute Gasteiger partial charge is 0.205 e. The van der Waals surface area contributed by atoms with Gasteiger partial charge in [-0.15, -0.1) is 0 Å². The zero-order chi connectivity index (χ0) is 18.1. The molecule has 1 heterocycles. The third-order valence-electron chi connectivity index (χ3n) is 3.86. The average Bonchev–Trinajstić information content (AvgIpc) is 2.92. The van der Waals surface area contributed by atoms with Crippen LogP contribution in [0.2, 0.25) is 5.02 Å².